The highest BCUT2D eigenvalue weighted by molar-refractivity contribution is 5.37. The molecule has 0 saturated carbocycles. The van der Waals surface area contributed by atoms with E-state index in [1.807, 2.05) is 0 Å². The Hall–Kier alpha value is -1.06. The monoisotopic (exact) mass is 292 g/mol. The third-order valence-electron chi connectivity index (χ3n) is 4.04. The third kappa shape index (κ3) is 5.68. The van der Waals surface area contributed by atoms with Gasteiger partial charge in [0.15, 0.2) is 0 Å². The van der Waals surface area contributed by atoms with Crippen LogP contribution in [0.1, 0.15) is 50.7 Å². The number of rotatable bonds is 9. The van der Waals surface area contributed by atoms with E-state index in [0.29, 0.717) is 30.8 Å². The van der Waals surface area contributed by atoms with Crippen LogP contribution in [0, 0.1) is 18.8 Å². The first-order valence-corrected chi connectivity index (χ1v) is 8.15. The Morgan fingerprint density at radius 1 is 1.14 bits per heavy atom. The molecule has 0 aliphatic heterocycles. The zero-order valence-corrected chi connectivity index (χ0v) is 14.1. The Morgan fingerprint density at radius 3 is 2.29 bits per heavy atom. The molecule has 1 aromatic carbocycles. The molecular weight excluding hydrogens is 260 g/mol. The van der Waals surface area contributed by atoms with Crippen LogP contribution in [0.4, 0.5) is 0 Å². The smallest absolute Gasteiger partial charge is 0.119 e. The van der Waals surface area contributed by atoms with E-state index < -0.39 is 0 Å². The molecule has 0 fully saturated rings. The first-order chi connectivity index (χ1) is 10.0. The van der Waals surface area contributed by atoms with Crippen molar-refractivity contribution < 1.29 is 4.74 Å². The summed E-state index contributed by atoms with van der Waals surface area (Å²) in [5.74, 6) is 2.45. The summed E-state index contributed by atoms with van der Waals surface area (Å²) in [6, 6.07) is 6.46. The zero-order valence-electron chi connectivity index (χ0n) is 14.1. The number of nitrogens with two attached hydrogens (primary N) is 2. The predicted molar refractivity (Wildman–Crippen MR) is 90.8 cm³/mol. The van der Waals surface area contributed by atoms with Crippen LogP contribution in [0.3, 0.4) is 0 Å². The topological polar surface area (TPSA) is 61.3 Å². The molecular formula is C18H32N2O. The summed E-state index contributed by atoms with van der Waals surface area (Å²) in [6.07, 6.45) is 2.18. The SMILES string of the molecule is CCC(CC(CN)CN)c1ccc(OCC(C)C)cc1C. The van der Waals surface area contributed by atoms with Crippen molar-refractivity contribution in [1.29, 1.82) is 0 Å². The average molecular weight is 292 g/mol. The van der Waals surface area contributed by atoms with Crippen molar-refractivity contribution in [1.82, 2.24) is 0 Å². The minimum absolute atomic E-state index is 0.409. The maximum absolute atomic E-state index is 5.80. The van der Waals surface area contributed by atoms with Gasteiger partial charge in [-0.15, -0.1) is 0 Å². The summed E-state index contributed by atoms with van der Waals surface area (Å²) in [4.78, 5) is 0. The third-order valence-corrected chi connectivity index (χ3v) is 4.04. The van der Waals surface area contributed by atoms with Gasteiger partial charge in [-0.2, -0.15) is 0 Å². The predicted octanol–water partition coefficient (Wildman–Crippen LogP) is 3.45. The van der Waals surface area contributed by atoms with Gasteiger partial charge in [0, 0.05) is 0 Å². The lowest BCUT2D eigenvalue weighted by molar-refractivity contribution is 0.271. The quantitative estimate of drug-likeness (QED) is 0.733. The molecule has 0 spiro atoms. The molecule has 1 unspecified atom stereocenters. The van der Waals surface area contributed by atoms with Crippen molar-refractivity contribution in [3.05, 3.63) is 29.3 Å². The van der Waals surface area contributed by atoms with Crippen molar-refractivity contribution >= 4 is 0 Å². The van der Waals surface area contributed by atoms with Gasteiger partial charge >= 0.3 is 0 Å². The minimum Gasteiger partial charge on any atom is -0.493 e. The second kappa shape index (κ2) is 9.06. The largest absolute Gasteiger partial charge is 0.493 e. The van der Waals surface area contributed by atoms with E-state index in [9.17, 15) is 0 Å². The minimum atomic E-state index is 0.409. The fourth-order valence-corrected chi connectivity index (χ4v) is 2.66. The van der Waals surface area contributed by atoms with Gasteiger partial charge in [0.2, 0.25) is 0 Å². The lowest BCUT2D eigenvalue weighted by Crippen LogP contribution is -2.25. The fourth-order valence-electron chi connectivity index (χ4n) is 2.66. The molecule has 0 heterocycles. The van der Waals surface area contributed by atoms with E-state index in [2.05, 4.69) is 45.9 Å². The van der Waals surface area contributed by atoms with Crippen LogP contribution < -0.4 is 16.2 Å². The van der Waals surface area contributed by atoms with Gasteiger partial charge in [0.05, 0.1) is 6.61 Å². The van der Waals surface area contributed by atoms with Gasteiger partial charge in [-0.1, -0.05) is 26.8 Å². The van der Waals surface area contributed by atoms with Gasteiger partial charge < -0.3 is 16.2 Å². The van der Waals surface area contributed by atoms with Crippen molar-refractivity contribution in [2.45, 2.75) is 46.5 Å². The number of ether oxygens (including phenoxy) is 1. The van der Waals surface area contributed by atoms with Crippen LogP contribution in [0.2, 0.25) is 0 Å². The molecule has 1 rings (SSSR count). The summed E-state index contributed by atoms with van der Waals surface area (Å²) >= 11 is 0. The lowest BCUT2D eigenvalue weighted by Gasteiger charge is -2.23. The van der Waals surface area contributed by atoms with E-state index in [-0.39, 0.29) is 0 Å². The van der Waals surface area contributed by atoms with Gasteiger partial charge in [-0.25, -0.2) is 0 Å². The van der Waals surface area contributed by atoms with E-state index in [4.69, 9.17) is 16.2 Å². The normalized spacial score (nSPS) is 13.0. The summed E-state index contributed by atoms with van der Waals surface area (Å²) in [5.41, 5.74) is 14.3. The van der Waals surface area contributed by atoms with Crippen molar-refractivity contribution in [3.8, 4) is 5.75 Å². The molecule has 0 saturated heterocycles. The van der Waals surface area contributed by atoms with Crippen LogP contribution in [0.5, 0.6) is 5.75 Å². The molecule has 0 bridgehead atoms. The highest BCUT2D eigenvalue weighted by Crippen LogP contribution is 2.31. The molecule has 21 heavy (non-hydrogen) atoms. The molecule has 0 radical (unpaired) electrons. The summed E-state index contributed by atoms with van der Waals surface area (Å²) in [6.45, 7) is 10.8. The Balaban J connectivity index is 2.80. The lowest BCUT2D eigenvalue weighted by atomic mass is 9.85. The van der Waals surface area contributed by atoms with Crippen LogP contribution in [-0.2, 0) is 0 Å². The number of hydrogen-bond acceptors (Lipinski definition) is 3. The Bertz CT molecular complexity index is 414. The van der Waals surface area contributed by atoms with Crippen molar-refractivity contribution in [2.24, 2.45) is 23.3 Å². The number of benzene rings is 1. The van der Waals surface area contributed by atoms with Crippen LogP contribution in [0.15, 0.2) is 18.2 Å². The first-order valence-electron chi connectivity index (χ1n) is 8.15. The Morgan fingerprint density at radius 2 is 1.81 bits per heavy atom. The summed E-state index contributed by atoms with van der Waals surface area (Å²) < 4.78 is 5.80. The van der Waals surface area contributed by atoms with Crippen molar-refractivity contribution in [2.75, 3.05) is 19.7 Å². The Kier molecular flexibility index (Phi) is 7.76. The molecule has 120 valence electrons. The molecule has 0 aliphatic rings. The van der Waals surface area contributed by atoms with E-state index in [1.165, 1.54) is 11.1 Å². The van der Waals surface area contributed by atoms with Crippen LogP contribution in [-0.4, -0.2) is 19.7 Å². The molecule has 0 aliphatic carbocycles. The molecule has 1 aromatic rings. The van der Waals surface area contributed by atoms with Crippen LogP contribution in [0.25, 0.3) is 0 Å². The molecule has 3 nitrogen and oxygen atoms in total. The summed E-state index contributed by atoms with van der Waals surface area (Å²) in [7, 11) is 0. The maximum Gasteiger partial charge on any atom is 0.119 e. The second-order valence-electron chi connectivity index (χ2n) is 6.40. The molecule has 1 atom stereocenters. The first kappa shape index (κ1) is 18.0. The standard InChI is InChI=1S/C18H32N2O/c1-5-16(9-15(10-19)11-20)18-7-6-17(8-14(18)4)21-12-13(2)3/h6-8,13,15-16H,5,9-12,19-20H2,1-4H3. The number of aryl methyl sites for hydroxylation is 1. The second-order valence-corrected chi connectivity index (χ2v) is 6.40. The van der Waals surface area contributed by atoms with E-state index >= 15 is 0 Å². The van der Waals surface area contributed by atoms with Gasteiger partial charge in [0.1, 0.15) is 5.75 Å². The maximum atomic E-state index is 5.80. The van der Waals surface area contributed by atoms with Gasteiger partial charge in [-0.05, 0) is 73.9 Å². The van der Waals surface area contributed by atoms with Crippen LogP contribution >= 0.6 is 0 Å². The molecule has 0 aromatic heterocycles. The highest BCUT2D eigenvalue weighted by atomic mass is 16.5. The van der Waals surface area contributed by atoms with E-state index in [1.54, 1.807) is 0 Å². The number of hydrogen-bond donors (Lipinski definition) is 2. The summed E-state index contributed by atoms with van der Waals surface area (Å²) in [5, 5.41) is 0. The molecule has 0 amide bonds. The van der Waals surface area contributed by atoms with E-state index in [0.717, 1.165) is 25.2 Å². The fraction of sp³-hybridized carbons (Fsp3) is 0.667. The van der Waals surface area contributed by atoms with Gasteiger partial charge in [0.25, 0.3) is 0 Å². The average Bonchev–Trinajstić information content (AvgIpc) is 2.47. The van der Waals surface area contributed by atoms with Gasteiger partial charge in [-0.3, -0.25) is 0 Å². The molecule has 4 N–H and O–H groups in total. The van der Waals surface area contributed by atoms with Crippen molar-refractivity contribution in [3.63, 3.8) is 0 Å². The zero-order chi connectivity index (χ0) is 15.8. The Labute approximate surface area is 130 Å². The molecule has 3 heteroatoms. The highest BCUT2D eigenvalue weighted by Gasteiger charge is 2.17.